The van der Waals surface area contributed by atoms with Crippen LogP contribution in [-0.4, -0.2) is 40.8 Å². The van der Waals surface area contributed by atoms with Crippen LogP contribution < -0.4 is 0 Å². The Morgan fingerprint density at radius 2 is 1.19 bits per heavy atom. The molecule has 1 saturated heterocycles. The minimum Gasteiger partial charge on any atom is -0.416 e. The second-order valence-electron chi connectivity index (χ2n) is 3.92. The molecule has 0 N–H and O–H groups in total. The molecule has 2 radical (unpaired) electrons. The molecule has 88 valence electrons. The molecule has 0 bridgehead atoms. The molecule has 0 spiro atoms. The third-order valence-electron chi connectivity index (χ3n) is 2.33. The molecular formula is C8H18B2O4U2. The van der Waals surface area contributed by atoms with E-state index in [1.54, 1.807) is 0 Å². The summed E-state index contributed by atoms with van der Waals surface area (Å²) in [5.41, 5.74) is -0.375. The SMILES string of the molecule is CC1(C)O[B]OC1(C)C.CO[B]OC.[U].[U]. The smallest absolute Gasteiger partial charge is 0.416 e. The van der Waals surface area contributed by atoms with Crippen LogP contribution in [0.25, 0.3) is 0 Å². The molecule has 16 heavy (non-hydrogen) atoms. The molecule has 1 aliphatic rings. The summed E-state index contributed by atoms with van der Waals surface area (Å²) >= 11 is 0. The fourth-order valence-corrected chi connectivity index (χ4v) is 0.645. The fourth-order valence-electron chi connectivity index (χ4n) is 0.645. The van der Waals surface area contributed by atoms with Crippen LogP contribution in [0.1, 0.15) is 27.7 Å². The molecule has 1 rings (SSSR count). The summed E-state index contributed by atoms with van der Waals surface area (Å²) in [6.07, 6.45) is 0. The van der Waals surface area contributed by atoms with Crippen molar-refractivity contribution in [3.8, 4) is 0 Å². The fraction of sp³-hybridized carbons (Fsp3) is 1.00. The van der Waals surface area contributed by atoms with Crippen molar-refractivity contribution >= 4 is 15.4 Å². The first-order valence-corrected chi connectivity index (χ1v) is 4.42. The van der Waals surface area contributed by atoms with Crippen LogP contribution in [0.15, 0.2) is 0 Å². The van der Waals surface area contributed by atoms with E-state index < -0.39 is 0 Å². The first-order chi connectivity index (χ1) is 6.37. The summed E-state index contributed by atoms with van der Waals surface area (Å²) < 4.78 is 19.1. The first-order valence-electron chi connectivity index (χ1n) is 4.42. The summed E-state index contributed by atoms with van der Waals surface area (Å²) in [7, 11) is 5.73. The van der Waals surface area contributed by atoms with E-state index in [2.05, 4.69) is 9.31 Å². The standard InChI is InChI=1S/C6H12BO2.C2H6BO2.2U/c1-5(2)6(3,4)9-7-8-5;1-4-3-5-2;;/h1-4H3;1-2H3;;. The van der Waals surface area contributed by atoms with Crippen LogP contribution >= 0.6 is 0 Å². The topological polar surface area (TPSA) is 36.9 Å². The molecule has 0 saturated carbocycles. The van der Waals surface area contributed by atoms with Crippen molar-refractivity contribution in [2.24, 2.45) is 0 Å². The van der Waals surface area contributed by atoms with Gasteiger partial charge in [-0.25, -0.2) is 0 Å². The molecule has 1 aliphatic heterocycles. The van der Waals surface area contributed by atoms with Gasteiger partial charge in [-0.1, -0.05) is 0 Å². The summed E-state index contributed by atoms with van der Waals surface area (Å²) in [5.74, 6) is 0. The summed E-state index contributed by atoms with van der Waals surface area (Å²) in [4.78, 5) is 0. The third-order valence-corrected chi connectivity index (χ3v) is 2.33. The van der Waals surface area contributed by atoms with Gasteiger partial charge in [0.25, 0.3) is 0 Å². The Balaban J connectivity index is -0.000000214. The predicted octanol–water partition coefficient (Wildman–Crippen LogP) is 0.938. The van der Waals surface area contributed by atoms with Crippen LogP contribution in [-0.2, 0) is 18.6 Å². The van der Waals surface area contributed by atoms with Gasteiger partial charge < -0.3 is 18.6 Å². The van der Waals surface area contributed by atoms with E-state index in [4.69, 9.17) is 9.31 Å². The molecule has 1 fully saturated rings. The van der Waals surface area contributed by atoms with Gasteiger partial charge in [0.1, 0.15) is 0 Å². The minimum absolute atomic E-state index is 0. The van der Waals surface area contributed by atoms with E-state index in [1.807, 2.05) is 27.7 Å². The van der Waals surface area contributed by atoms with Gasteiger partial charge in [0.15, 0.2) is 0 Å². The van der Waals surface area contributed by atoms with Crippen molar-refractivity contribution in [1.29, 1.82) is 0 Å². The van der Waals surface area contributed by atoms with Gasteiger partial charge in [0.2, 0.25) is 0 Å². The van der Waals surface area contributed by atoms with Crippen LogP contribution in [0.3, 0.4) is 0 Å². The Morgan fingerprint density at radius 1 is 0.875 bits per heavy atom. The molecule has 8 heteroatoms. The second-order valence-corrected chi connectivity index (χ2v) is 3.92. The van der Waals surface area contributed by atoms with Crippen LogP contribution in [0.2, 0.25) is 0 Å². The van der Waals surface area contributed by atoms with Crippen molar-refractivity contribution in [1.82, 2.24) is 0 Å². The Morgan fingerprint density at radius 3 is 1.25 bits per heavy atom. The Bertz CT molecular complexity index is 154. The van der Waals surface area contributed by atoms with E-state index in [1.165, 1.54) is 29.6 Å². The van der Waals surface area contributed by atoms with Gasteiger partial charge in [-0.2, -0.15) is 0 Å². The largest absolute Gasteiger partial charge is 0.488 e. The molecule has 0 amide bonds. The minimum atomic E-state index is -0.188. The summed E-state index contributed by atoms with van der Waals surface area (Å²) in [5, 5.41) is 0. The van der Waals surface area contributed by atoms with Gasteiger partial charge in [-0.15, -0.1) is 0 Å². The Labute approximate surface area is 148 Å². The van der Waals surface area contributed by atoms with Crippen LogP contribution in [0, 0.1) is 62.2 Å². The monoisotopic (exact) mass is 676 g/mol. The summed E-state index contributed by atoms with van der Waals surface area (Å²) in [6, 6.07) is 0. The molecule has 0 aromatic rings. The zero-order valence-electron chi connectivity index (χ0n) is 10.8. The molecule has 0 aromatic carbocycles. The molecule has 0 aromatic heterocycles. The number of hydrogen-bond donors (Lipinski definition) is 0. The van der Waals surface area contributed by atoms with Crippen LogP contribution in [0.5, 0.6) is 0 Å². The molecule has 4 nitrogen and oxygen atoms in total. The maximum Gasteiger partial charge on any atom is 0.488 e. The predicted molar refractivity (Wildman–Crippen MR) is 55.9 cm³/mol. The van der Waals surface area contributed by atoms with Gasteiger partial charge in [0, 0.05) is 76.4 Å². The van der Waals surface area contributed by atoms with E-state index in [0.29, 0.717) is 0 Å². The van der Waals surface area contributed by atoms with E-state index in [0.717, 1.165) is 0 Å². The Hall–Kier alpha value is 2.07. The third kappa shape index (κ3) is 8.22. The number of hydrogen-bond acceptors (Lipinski definition) is 4. The van der Waals surface area contributed by atoms with E-state index in [9.17, 15) is 0 Å². The molecule has 0 aliphatic carbocycles. The second kappa shape index (κ2) is 10.9. The molecular weight excluding hydrogens is 658 g/mol. The zero-order valence-corrected chi connectivity index (χ0v) is 19.1. The van der Waals surface area contributed by atoms with Gasteiger partial charge >= 0.3 is 15.4 Å². The van der Waals surface area contributed by atoms with E-state index >= 15 is 0 Å². The van der Waals surface area contributed by atoms with Gasteiger partial charge in [0.05, 0.1) is 11.2 Å². The average Bonchev–Trinajstić information content (AvgIpc) is 2.27. The average molecular weight is 676 g/mol. The van der Waals surface area contributed by atoms with Crippen molar-refractivity contribution in [3.05, 3.63) is 0 Å². The van der Waals surface area contributed by atoms with E-state index in [-0.39, 0.29) is 73.4 Å². The first kappa shape index (κ1) is 23.2. The molecule has 0 atom stereocenters. The van der Waals surface area contributed by atoms with Gasteiger partial charge in [-0.3, -0.25) is 0 Å². The van der Waals surface area contributed by atoms with Crippen molar-refractivity contribution in [2.75, 3.05) is 14.2 Å². The van der Waals surface area contributed by atoms with Crippen LogP contribution in [0.4, 0.5) is 0 Å². The number of rotatable bonds is 2. The quantitative estimate of drug-likeness (QED) is 0.409. The van der Waals surface area contributed by atoms with Crippen molar-refractivity contribution < 1.29 is 80.8 Å². The maximum atomic E-state index is 5.21. The van der Waals surface area contributed by atoms with Crippen molar-refractivity contribution in [2.45, 2.75) is 38.9 Å². The van der Waals surface area contributed by atoms with Crippen molar-refractivity contribution in [3.63, 3.8) is 0 Å². The molecule has 1 heterocycles. The zero-order chi connectivity index (χ0) is 11.2. The molecule has 0 unspecified atom stereocenters. The summed E-state index contributed by atoms with van der Waals surface area (Å²) in [6.45, 7) is 8.04. The Kier molecular flexibility index (Phi) is 15.9. The maximum absolute atomic E-state index is 5.21. The van der Waals surface area contributed by atoms with Gasteiger partial charge in [-0.05, 0) is 27.7 Å². The normalized spacial score (nSPS) is 19.1.